The number of H-pyrrole nitrogens is 1. The molecule has 0 bridgehead atoms. The van der Waals surface area contributed by atoms with Crippen LogP contribution in [0, 0.1) is 23.2 Å². The van der Waals surface area contributed by atoms with Crippen molar-refractivity contribution in [3.05, 3.63) is 36.0 Å². The van der Waals surface area contributed by atoms with Gasteiger partial charge in [0.1, 0.15) is 17.8 Å². The van der Waals surface area contributed by atoms with Crippen LogP contribution in [-0.2, 0) is 19.7 Å². The molecular weight excluding hydrogens is 500 g/mol. The minimum atomic E-state index is -4.78. The summed E-state index contributed by atoms with van der Waals surface area (Å²) in [6, 6.07) is 6.23. The predicted octanol–water partition coefficient (Wildman–Crippen LogP) is 0.870. The van der Waals surface area contributed by atoms with Crippen molar-refractivity contribution >= 4 is 38.7 Å². The van der Waals surface area contributed by atoms with Crippen LogP contribution in [0.15, 0.2) is 30.3 Å². The fourth-order valence-electron chi connectivity index (χ4n) is 5.86. The first kappa shape index (κ1) is 25.7. The van der Waals surface area contributed by atoms with Gasteiger partial charge < -0.3 is 25.6 Å². The van der Waals surface area contributed by atoms with E-state index in [1.165, 1.54) is 11.8 Å². The van der Waals surface area contributed by atoms with Crippen molar-refractivity contribution in [2.75, 3.05) is 6.54 Å². The number of likely N-dealkylation sites (tertiary alicyclic amines) is 1. The first-order valence-electron chi connectivity index (χ1n) is 12.4. The van der Waals surface area contributed by atoms with Gasteiger partial charge in [0.05, 0.1) is 6.04 Å². The van der Waals surface area contributed by atoms with Crippen LogP contribution in [0.1, 0.15) is 44.1 Å². The summed E-state index contributed by atoms with van der Waals surface area (Å²) < 4.78 is 31.8. The van der Waals surface area contributed by atoms with Gasteiger partial charge in [0.15, 0.2) is 0 Å². The zero-order chi connectivity index (χ0) is 26.9. The normalized spacial score (nSPS) is 26.7. The van der Waals surface area contributed by atoms with Gasteiger partial charge in [0.2, 0.25) is 17.3 Å². The molecule has 5 N–H and O–H groups in total. The molecule has 1 saturated heterocycles. The quantitative estimate of drug-likeness (QED) is 0.314. The number of amides is 3. The summed E-state index contributed by atoms with van der Waals surface area (Å²) in [4.78, 5) is 44.7. The number of carbonyl (C=O) groups excluding carboxylic acids is 3. The van der Waals surface area contributed by atoms with E-state index in [0.717, 1.165) is 23.7 Å². The number of fused-ring (bicyclic) bond motifs is 2. The maximum Gasteiger partial charge on any atom is 0.294 e. The molecule has 2 aromatic rings. The Bertz CT molecular complexity index is 1330. The lowest BCUT2D eigenvalue weighted by atomic mass is 9.99. The van der Waals surface area contributed by atoms with Crippen molar-refractivity contribution in [3.63, 3.8) is 0 Å². The van der Waals surface area contributed by atoms with Crippen molar-refractivity contribution in [1.82, 2.24) is 20.5 Å². The number of nitrogens with zero attached hydrogens (tertiary/aromatic N) is 1. The van der Waals surface area contributed by atoms with Crippen LogP contribution in [0.25, 0.3) is 10.9 Å². The molecule has 1 aliphatic heterocycles. The molecule has 2 saturated carbocycles. The molecule has 0 spiro atoms. The van der Waals surface area contributed by atoms with Crippen LogP contribution in [0.2, 0.25) is 0 Å². The molecule has 1 unspecified atom stereocenters. The average Bonchev–Trinajstić information content (AvgIpc) is 3.61. The fraction of sp³-hybridized carbons (Fsp3) is 0.560. The second kappa shape index (κ2) is 8.81. The molecule has 11 nitrogen and oxygen atoms in total. The smallest absolute Gasteiger partial charge is 0.294 e. The molecule has 6 atom stereocenters. The predicted molar refractivity (Wildman–Crippen MR) is 134 cm³/mol. The molecule has 0 radical (unpaired) electrons. The number of nitrogens with one attached hydrogen (secondary N) is 3. The first-order valence-corrected chi connectivity index (χ1v) is 13.9. The molecule has 200 valence electrons. The Hall–Kier alpha value is -2.96. The highest BCUT2D eigenvalue weighted by atomic mass is 32.2. The molecule has 1 aromatic heterocycles. The molecular formula is C25H32N4O7S. The van der Waals surface area contributed by atoms with Crippen molar-refractivity contribution in [1.29, 1.82) is 0 Å². The molecule has 3 aliphatic rings. The van der Waals surface area contributed by atoms with Gasteiger partial charge in [0, 0.05) is 17.4 Å². The third-order valence-corrected chi connectivity index (χ3v) is 9.30. The maximum absolute atomic E-state index is 13.8. The number of aromatic nitrogens is 1. The van der Waals surface area contributed by atoms with Gasteiger partial charge in [0.25, 0.3) is 16.0 Å². The molecule has 12 heteroatoms. The van der Waals surface area contributed by atoms with E-state index in [1.54, 1.807) is 6.07 Å². The number of piperidine rings is 1. The minimum absolute atomic E-state index is 0.0326. The van der Waals surface area contributed by atoms with E-state index in [1.807, 2.05) is 38.1 Å². The third kappa shape index (κ3) is 4.62. The fourth-order valence-corrected chi connectivity index (χ4v) is 6.44. The zero-order valence-corrected chi connectivity index (χ0v) is 21.7. The van der Waals surface area contributed by atoms with Crippen LogP contribution in [0.3, 0.4) is 0 Å². The molecule has 2 heterocycles. The van der Waals surface area contributed by atoms with Crippen LogP contribution >= 0.6 is 0 Å². The minimum Gasteiger partial charge on any atom is -0.374 e. The topological polar surface area (TPSA) is 169 Å². The Morgan fingerprint density at radius 3 is 2.46 bits per heavy atom. The number of aromatic amines is 1. The van der Waals surface area contributed by atoms with E-state index in [2.05, 4.69) is 15.6 Å². The molecule has 5 rings (SSSR count). The largest absolute Gasteiger partial charge is 0.374 e. The summed E-state index contributed by atoms with van der Waals surface area (Å²) >= 11 is 0. The number of rotatable bonds is 8. The van der Waals surface area contributed by atoms with Crippen LogP contribution < -0.4 is 10.6 Å². The SMILES string of the molecule is C[C@H](NC(=O)[C@@H]1[C@@H]2[C@H](CN1C(=O)[C@@H](NC(=O)c1cc3ccccc3[nH]1)C1CC1)C2(C)C)C(O)S(=O)(=O)O. The Morgan fingerprint density at radius 1 is 1.16 bits per heavy atom. The summed E-state index contributed by atoms with van der Waals surface area (Å²) in [6.45, 7) is 5.63. The summed E-state index contributed by atoms with van der Waals surface area (Å²) in [5.74, 6) is -1.45. The summed E-state index contributed by atoms with van der Waals surface area (Å²) in [7, 11) is -4.78. The molecule has 3 fully saturated rings. The van der Waals surface area contributed by atoms with Crippen molar-refractivity contribution in [3.8, 4) is 0 Å². The number of hydrogen-bond donors (Lipinski definition) is 5. The number of aliphatic hydroxyl groups excluding tert-OH is 1. The molecule has 1 aromatic carbocycles. The summed E-state index contributed by atoms with van der Waals surface area (Å²) in [5, 5.41) is 16.1. The van der Waals surface area contributed by atoms with E-state index in [0.29, 0.717) is 12.2 Å². The van der Waals surface area contributed by atoms with Gasteiger partial charge in [-0.15, -0.1) is 0 Å². The van der Waals surface area contributed by atoms with E-state index in [-0.39, 0.29) is 29.1 Å². The van der Waals surface area contributed by atoms with Gasteiger partial charge in [-0.1, -0.05) is 32.0 Å². The first-order chi connectivity index (χ1) is 17.3. The monoisotopic (exact) mass is 532 g/mol. The van der Waals surface area contributed by atoms with Crippen LogP contribution in [0.5, 0.6) is 0 Å². The number of carbonyl (C=O) groups is 3. The Balaban J connectivity index is 1.34. The van der Waals surface area contributed by atoms with E-state index in [9.17, 15) is 27.9 Å². The standard InChI is InChI=1S/C25H32N4O7S/c1-12(24(33)37(34,35)36)26-22(31)20-18-15(25(18,2)3)11-29(20)23(32)19(13-8-9-13)28-21(30)17-10-14-6-4-5-7-16(14)27-17/h4-7,10,12-13,15,18-20,24,27,33H,8-9,11H2,1-3H3,(H,26,31)(H,28,30)(H,34,35,36)/t12-,15-,18-,19-,20-,24?/m0/s1. The van der Waals surface area contributed by atoms with Gasteiger partial charge in [-0.05, 0) is 55.1 Å². The summed E-state index contributed by atoms with van der Waals surface area (Å²) in [6.07, 6.45) is 1.56. The van der Waals surface area contributed by atoms with Gasteiger partial charge in [-0.3, -0.25) is 18.9 Å². The molecule has 37 heavy (non-hydrogen) atoms. The number of hydrogen-bond acceptors (Lipinski definition) is 6. The highest BCUT2D eigenvalue weighted by molar-refractivity contribution is 7.86. The van der Waals surface area contributed by atoms with Gasteiger partial charge in [-0.2, -0.15) is 8.42 Å². The second-order valence-corrected chi connectivity index (χ2v) is 12.7. The van der Waals surface area contributed by atoms with Crippen LogP contribution in [0.4, 0.5) is 0 Å². The average molecular weight is 533 g/mol. The van der Waals surface area contributed by atoms with E-state index >= 15 is 0 Å². The summed E-state index contributed by atoms with van der Waals surface area (Å²) in [5.41, 5.74) is -1.24. The molecule has 3 amide bonds. The zero-order valence-electron chi connectivity index (χ0n) is 20.8. The lowest BCUT2D eigenvalue weighted by molar-refractivity contribution is -0.142. The lowest BCUT2D eigenvalue weighted by Gasteiger charge is -2.34. The van der Waals surface area contributed by atoms with Crippen LogP contribution in [-0.4, -0.2) is 75.8 Å². The van der Waals surface area contributed by atoms with Crippen molar-refractivity contribution in [2.24, 2.45) is 23.2 Å². The maximum atomic E-state index is 13.8. The second-order valence-electron chi connectivity index (χ2n) is 11.2. The van der Waals surface area contributed by atoms with E-state index < -0.39 is 45.5 Å². The number of para-hydroxylation sites is 1. The number of aliphatic hydroxyl groups is 1. The van der Waals surface area contributed by atoms with Gasteiger partial charge in [-0.25, -0.2) is 0 Å². The lowest BCUT2D eigenvalue weighted by Crippen LogP contribution is -2.58. The third-order valence-electron chi connectivity index (χ3n) is 8.28. The van der Waals surface area contributed by atoms with Crippen molar-refractivity contribution in [2.45, 2.75) is 57.2 Å². The van der Waals surface area contributed by atoms with Gasteiger partial charge >= 0.3 is 0 Å². The Kier molecular flexibility index (Phi) is 6.12. The highest BCUT2D eigenvalue weighted by Crippen LogP contribution is 2.65. The highest BCUT2D eigenvalue weighted by Gasteiger charge is 2.69. The van der Waals surface area contributed by atoms with E-state index in [4.69, 9.17) is 4.55 Å². The Labute approximate surface area is 214 Å². The Morgan fingerprint density at radius 2 is 1.84 bits per heavy atom. The number of benzene rings is 1. The molecule has 2 aliphatic carbocycles. The van der Waals surface area contributed by atoms with Crippen molar-refractivity contribution < 1.29 is 32.5 Å².